The number of rotatable bonds is 10. The molecule has 0 fully saturated rings. The molecule has 0 aliphatic rings. The van der Waals surface area contributed by atoms with E-state index in [0.717, 1.165) is 6.42 Å². The Labute approximate surface area is 133 Å². The second-order valence-electron chi connectivity index (χ2n) is 6.01. The van der Waals surface area contributed by atoms with E-state index < -0.39 is 5.97 Å². The summed E-state index contributed by atoms with van der Waals surface area (Å²) in [5, 5.41) is 8.57. The van der Waals surface area contributed by atoms with Gasteiger partial charge in [-0.1, -0.05) is 68.5 Å². The number of unbranched alkanes of at least 4 members (excludes halogenated alkanes) is 1. The van der Waals surface area contributed by atoms with Crippen molar-refractivity contribution in [1.29, 1.82) is 0 Å². The summed E-state index contributed by atoms with van der Waals surface area (Å²) in [5.74, 6) is -0.735. The van der Waals surface area contributed by atoms with Crippen LogP contribution < -0.4 is 0 Å². The zero-order valence-electron chi connectivity index (χ0n) is 13.5. The smallest absolute Gasteiger partial charge is 0.303 e. The Balaban J connectivity index is 2.20. The molecule has 3 nitrogen and oxygen atoms in total. The van der Waals surface area contributed by atoms with Crippen molar-refractivity contribution < 1.29 is 14.6 Å². The van der Waals surface area contributed by atoms with Crippen molar-refractivity contribution in [3.8, 4) is 0 Å². The van der Waals surface area contributed by atoms with Crippen LogP contribution in [0.4, 0.5) is 0 Å². The zero-order valence-corrected chi connectivity index (χ0v) is 13.5. The van der Waals surface area contributed by atoms with E-state index in [-0.39, 0.29) is 11.8 Å². The van der Waals surface area contributed by atoms with Crippen molar-refractivity contribution in [1.82, 2.24) is 0 Å². The Hall–Kier alpha value is -1.87. The number of hydrogen-bond acceptors (Lipinski definition) is 2. The molecule has 22 heavy (non-hydrogen) atoms. The number of carboxylic acid groups (broad SMARTS) is 1. The fraction of sp³-hybridized carbons (Fsp3) is 0.421. The predicted octanol–water partition coefficient (Wildman–Crippen LogP) is 4.55. The third-order valence-corrected chi connectivity index (χ3v) is 3.13. The average molecular weight is 302 g/mol. The largest absolute Gasteiger partial charge is 0.481 e. The van der Waals surface area contributed by atoms with Gasteiger partial charge in [-0.15, -0.1) is 0 Å². The second kappa shape index (κ2) is 9.96. The number of ether oxygens (including phenoxy) is 1. The first kappa shape index (κ1) is 18.2. The molecule has 0 saturated carbocycles. The van der Waals surface area contributed by atoms with E-state index in [2.05, 4.69) is 38.1 Å². The highest BCUT2D eigenvalue weighted by Crippen LogP contribution is 2.18. The van der Waals surface area contributed by atoms with Gasteiger partial charge in [0, 0.05) is 11.8 Å². The van der Waals surface area contributed by atoms with E-state index >= 15 is 0 Å². The van der Waals surface area contributed by atoms with Crippen LogP contribution in [0, 0.1) is 5.41 Å². The van der Waals surface area contributed by atoms with E-state index in [4.69, 9.17) is 9.84 Å². The minimum Gasteiger partial charge on any atom is -0.481 e. The molecule has 0 aliphatic carbocycles. The van der Waals surface area contributed by atoms with Crippen molar-refractivity contribution in [2.45, 2.75) is 33.1 Å². The molecule has 120 valence electrons. The molecular formula is C19H26O3. The van der Waals surface area contributed by atoms with Gasteiger partial charge in [0.1, 0.15) is 0 Å². The lowest BCUT2D eigenvalue weighted by Crippen LogP contribution is -2.16. The highest BCUT2D eigenvalue weighted by Gasteiger charge is 2.13. The number of hydrogen-bond donors (Lipinski definition) is 1. The third kappa shape index (κ3) is 9.14. The summed E-state index contributed by atoms with van der Waals surface area (Å²) in [6, 6.07) is 10.1. The van der Waals surface area contributed by atoms with E-state index in [0.29, 0.717) is 19.6 Å². The molecule has 0 amide bonds. The summed E-state index contributed by atoms with van der Waals surface area (Å²) in [7, 11) is 0. The van der Waals surface area contributed by atoms with Crippen LogP contribution in [0.1, 0.15) is 38.7 Å². The van der Waals surface area contributed by atoms with E-state index in [1.165, 1.54) is 5.56 Å². The minimum absolute atomic E-state index is 0.0379. The molecule has 0 unspecified atom stereocenters. The topological polar surface area (TPSA) is 46.5 Å². The van der Waals surface area contributed by atoms with Crippen molar-refractivity contribution >= 4 is 12.0 Å². The van der Waals surface area contributed by atoms with Crippen LogP contribution >= 0.6 is 0 Å². The summed E-state index contributed by atoms with van der Waals surface area (Å²) in [4.78, 5) is 10.4. The molecule has 0 atom stereocenters. The lowest BCUT2D eigenvalue weighted by molar-refractivity contribution is -0.137. The fourth-order valence-electron chi connectivity index (χ4n) is 1.96. The van der Waals surface area contributed by atoms with Crippen molar-refractivity contribution in [3.05, 3.63) is 54.1 Å². The molecule has 1 aromatic rings. The number of benzene rings is 1. The molecule has 0 heterocycles. The van der Waals surface area contributed by atoms with Crippen LogP contribution in [0.15, 0.2) is 48.6 Å². The molecule has 0 bridgehead atoms. The van der Waals surface area contributed by atoms with Gasteiger partial charge in [0.2, 0.25) is 0 Å². The maximum atomic E-state index is 10.4. The van der Waals surface area contributed by atoms with Gasteiger partial charge in [-0.05, 0) is 18.4 Å². The van der Waals surface area contributed by atoms with Gasteiger partial charge < -0.3 is 9.84 Å². The lowest BCUT2D eigenvalue weighted by atomic mass is 9.94. The molecular weight excluding hydrogens is 276 g/mol. The van der Waals surface area contributed by atoms with E-state index in [9.17, 15) is 4.79 Å². The van der Waals surface area contributed by atoms with Gasteiger partial charge in [-0.2, -0.15) is 0 Å². The summed E-state index contributed by atoms with van der Waals surface area (Å²) in [6.07, 6.45) is 9.93. The molecule has 0 radical (unpaired) electrons. The molecule has 0 aromatic heterocycles. The first-order valence-electron chi connectivity index (χ1n) is 7.68. The number of carboxylic acids is 1. The first-order valence-corrected chi connectivity index (χ1v) is 7.68. The summed E-state index contributed by atoms with van der Waals surface area (Å²) >= 11 is 0. The molecule has 3 heteroatoms. The predicted molar refractivity (Wildman–Crippen MR) is 90.7 cm³/mol. The third-order valence-electron chi connectivity index (χ3n) is 3.13. The molecule has 1 rings (SSSR count). The first-order chi connectivity index (χ1) is 10.5. The molecule has 0 saturated heterocycles. The fourth-order valence-corrected chi connectivity index (χ4v) is 1.96. The van der Waals surface area contributed by atoms with Gasteiger partial charge in [0.25, 0.3) is 0 Å². The maximum Gasteiger partial charge on any atom is 0.303 e. The Morgan fingerprint density at radius 3 is 2.64 bits per heavy atom. The maximum absolute atomic E-state index is 10.4. The highest BCUT2D eigenvalue weighted by atomic mass is 16.5. The van der Waals surface area contributed by atoms with Crippen LogP contribution in [0.5, 0.6) is 0 Å². The number of allylic oxidation sites excluding steroid dienone is 1. The molecule has 1 N–H and O–H groups in total. The van der Waals surface area contributed by atoms with Crippen molar-refractivity contribution in [2.75, 3.05) is 13.2 Å². The van der Waals surface area contributed by atoms with Crippen LogP contribution in [0.3, 0.4) is 0 Å². The Kier molecular flexibility index (Phi) is 8.23. The normalized spacial score (nSPS) is 12.3. The quantitative estimate of drug-likeness (QED) is 0.509. The van der Waals surface area contributed by atoms with Gasteiger partial charge in [0.05, 0.1) is 13.2 Å². The minimum atomic E-state index is -0.735. The standard InChI is InChI=1S/C19H26O3/c1-19(2,14-8-4-7-13-18(20)21)16-22-15-9-12-17-10-5-3-6-11-17/h3,5-6,8-12,14H,4,7,13,15-16H2,1-2H3,(H,20,21). The Morgan fingerprint density at radius 1 is 1.23 bits per heavy atom. The summed E-state index contributed by atoms with van der Waals surface area (Å²) < 4.78 is 5.68. The second-order valence-corrected chi connectivity index (χ2v) is 6.01. The van der Waals surface area contributed by atoms with Crippen molar-refractivity contribution in [3.63, 3.8) is 0 Å². The van der Waals surface area contributed by atoms with Gasteiger partial charge >= 0.3 is 5.97 Å². The Bertz CT molecular complexity index is 487. The van der Waals surface area contributed by atoms with Gasteiger partial charge in [0.15, 0.2) is 0 Å². The van der Waals surface area contributed by atoms with Crippen LogP contribution in [0.25, 0.3) is 6.08 Å². The number of aliphatic carboxylic acids is 1. The zero-order chi connectivity index (χ0) is 16.3. The molecule has 0 aliphatic heterocycles. The van der Waals surface area contributed by atoms with Gasteiger partial charge in [-0.25, -0.2) is 0 Å². The molecule has 0 spiro atoms. The average Bonchev–Trinajstić information content (AvgIpc) is 2.47. The number of carbonyl (C=O) groups is 1. The monoisotopic (exact) mass is 302 g/mol. The lowest BCUT2D eigenvalue weighted by Gasteiger charge is -2.19. The molecule has 1 aromatic carbocycles. The van der Waals surface area contributed by atoms with E-state index in [1.54, 1.807) is 0 Å². The van der Waals surface area contributed by atoms with E-state index in [1.807, 2.05) is 30.4 Å². The SMILES string of the molecule is CC(C)(C=CCCCC(=O)O)COCC=Cc1ccccc1. The summed E-state index contributed by atoms with van der Waals surface area (Å²) in [5.41, 5.74) is 1.13. The van der Waals surface area contributed by atoms with Crippen LogP contribution in [0.2, 0.25) is 0 Å². The van der Waals surface area contributed by atoms with Crippen LogP contribution in [-0.4, -0.2) is 24.3 Å². The Morgan fingerprint density at radius 2 is 1.95 bits per heavy atom. The van der Waals surface area contributed by atoms with Crippen molar-refractivity contribution in [2.24, 2.45) is 5.41 Å². The van der Waals surface area contributed by atoms with Crippen LogP contribution in [-0.2, 0) is 9.53 Å². The highest BCUT2D eigenvalue weighted by molar-refractivity contribution is 5.66. The summed E-state index contributed by atoms with van der Waals surface area (Å²) in [6.45, 7) is 5.45. The van der Waals surface area contributed by atoms with Gasteiger partial charge in [-0.3, -0.25) is 4.79 Å².